The zero-order valence-electron chi connectivity index (χ0n) is 22.7. The molecule has 0 saturated heterocycles. The lowest BCUT2D eigenvalue weighted by Crippen LogP contribution is -2.20. The molecule has 0 spiro atoms. The van der Waals surface area contributed by atoms with E-state index in [1.54, 1.807) is 12.1 Å². The number of benzene rings is 3. The molecule has 5 rings (SSSR count). The molecule has 0 aromatic heterocycles. The van der Waals surface area contributed by atoms with Crippen molar-refractivity contribution in [2.45, 2.75) is 12.4 Å². The van der Waals surface area contributed by atoms with Gasteiger partial charge >= 0.3 is 12.4 Å². The van der Waals surface area contributed by atoms with Crippen molar-refractivity contribution in [3.05, 3.63) is 116 Å². The first-order valence-electron chi connectivity index (χ1n) is 12.8. The van der Waals surface area contributed by atoms with E-state index in [0.717, 1.165) is 0 Å². The van der Waals surface area contributed by atoms with Crippen molar-refractivity contribution in [2.24, 2.45) is 0 Å². The lowest BCUT2D eigenvalue weighted by atomic mass is 9.81. The summed E-state index contributed by atoms with van der Waals surface area (Å²) in [5.41, 5.74) is -15.7. The normalized spacial score (nSPS) is 13.5. The Balaban J connectivity index is 2.24. The van der Waals surface area contributed by atoms with Gasteiger partial charge in [-0.25, -0.2) is 0 Å². The molecule has 0 bridgehead atoms. The van der Waals surface area contributed by atoms with Gasteiger partial charge in [-0.3, -0.25) is 0 Å². The van der Waals surface area contributed by atoms with E-state index >= 15 is 26.3 Å². The Kier molecular flexibility index (Phi) is 7.32. The fourth-order valence-corrected chi connectivity index (χ4v) is 5.85. The van der Waals surface area contributed by atoms with Crippen molar-refractivity contribution in [3.8, 4) is 36.4 Å². The van der Waals surface area contributed by atoms with Gasteiger partial charge in [0.15, 0.2) is 0 Å². The monoisotopic (exact) mass is 616 g/mol. The minimum absolute atomic E-state index is 0.0683. The maximum Gasteiger partial charge on any atom is 0.417 e. The molecule has 6 nitrogen and oxygen atoms in total. The molecule has 218 valence electrons. The third kappa shape index (κ3) is 4.39. The molecule has 0 fully saturated rings. The Morgan fingerprint density at radius 3 is 1.02 bits per heavy atom. The molecule has 0 atom stereocenters. The molecular formula is C34H10F6N6. The van der Waals surface area contributed by atoms with Crippen molar-refractivity contribution in [1.82, 2.24) is 0 Å². The first kappa shape index (κ1) is 30.6. The van der Waals surface area contributed by atoms with E-state index in [1.807, 2.05) is 0 Å². The Bertz CT molecular complexity index is 2080. The van der Waals surface area contributed by atoms with Gasteiger partial charge in [0.25, 0.3) is 0 Å². The van der Waals surface area contributed by atoms with Gasteiger partial charge in [0.05, 0.1) is 22.3 Å². The number of halogens is 6. The second-order valence-corrected chi connectivity index (χ2v) is 9.65. The number of nitrogens with zero attached hydrogens (tertiary/aromatic N) is 6. The summed E-state index contributed by atoms with van der Waals surface area (Å²) in [6, 6.07) is 22.5. The van der Waals surface area contributed by atoms with Gasteiger partial charge in [0.2, 0.25) is 0 Å². The molecule has 0 saturated carbocycles. The second-order valence-electron chi connectivity index (χ2n) is 9.65. The molecule has 0 amide bonds. The molecule has 0 radical (unpaired) electrons. The molecule has 3 aromatic carbocycles. The third-order valence-corrected chi connectivity index (χ3v) is 7.36. The fourth-order valence-electron chi connectivity index (χ4n) is 5.85. The molecule has 12 heteroatoms. The van der Waals surface area contributed by atoms with Gasteiger partial charge in [-0.2, -0.15) is 57.9 Å². The van der Waals surface area contributed by atoms with E-state index < -0.39 is 90.3 Å². The van der Waals surface area contributed by atoms with Crippen LogP contribution in [0, 0.1) is 68.0 Å². The average Bonchev–Trinajstić information content (AvgIpc) is 3.54. The number of alkyl halides is 6. The summed E-state index contributed by atoms with van der Waals surface area (Å²) in [7, 11) is 0. The van der Waals surface area contributed by atoms with Crippen LogP contribution in [0.5, 0.6) is 0 Å². The predicted molar refractivity (Wildman–Crippen MR) is 150 cm³/mol. The number of hydrogen-bond donors (Lipinski definition) is 0. The van der Waals surface area contributed by atoms with Crippen molar-refractivity contribution in [2.75, 3.05) is 0 Å². The molecule has 0 heterocycles. The molecule has 0 unspecified atom stereocenters. The van der Waals surface area contributed by atoms with Gasteiger partial charge in [0, 0.05) is 44.5 Å². The van der Waals surface area contributed by atoms with Gasteiger partial charge in [-0.05, 0) is 11.1 Å². The van der Waals surface area contributed by atoms with Crippen LogP contribution >= 0.6 is 0 Å². The molecule has 0 aliphatic heterocycles. The first-order valence-corrected chi connectivity index (χ1v) is 12.8. The highest BCUT2D eigenvalue weighted by Gasteiger charge is 2.53. The summed E-state index contributed by atoms with van der Waals surface area (Å²) >= 11 is 0. The minimum atomic E-state index is -5.58. The Labute approximate surface area is 256 Å². The van der Waals surface area contributed by atoms with Crippen LogP contribution in [0.3, 0.4) is 0 Å². The quantitative estimate of drug-likeness (QED) is 0.210. The van der Waals surface area contributed by atoms with E-state index in [4.69, 9.17) is 0 Å². The number of rotatable bonds is 2. The van der Waals surface area contributed by atoms with E-state index in [-0.39, 0.29) is 11.1 Å². The Hall–Kier alpha value is -6.86. The summed E-state index contributed by atoms with van der Waals surface area (Å²) in [6.07, 6.45) is -11.1. The summed E-state index contributed by atoms with van der Waals surface area (Å²) in [6.45, 7) is 0. The number of allylic oxidation sites excluding steroid dienone is 8. The third-order valence-electron chi connectivity index (χ3n) is 7.36. The van der Waals surface area contributed by atoms with Crippen LogP contribution in [-0.4, -0.2) is 0 Å². The summed E-state index contributed by atoms with van der Waals surface area (Å²) in [5.74, 6) is 0. The topological polar surface area (TPSA) is 143 Å². The van der Waals surface area contributed by atoms with Crippen LogP contribution in [0.15, 0.2) is 71.8 Å². The first-order chi connectivity index (χ1) is 21.9. The maximum atomic E-state index is 15.5. The smallest absolute Gasteiger partial charge is 0.192 e. The molecule has 46 heavy (non-hydrogen) atoms. The Morgan fingerprint density at radius 2 is 0.761 bits per heavy atom. The standard InChI is InChI=1S/C34H10F6N6/c35-33(36,37)31-27-21(15-45)23(17-7-3-1-4-8-17)25(19(11-41)12-42)29(27)32(34(38,39)40)30-26(20(13-43)14-44)24(22(16-46)28(30)31)18-9-5-2-6-10-18/h1-10H. The minimum Gasteiger partial charge on any atom is -0.192 e. The maximum absolute atomic E-state index is 15.5. The van der Waals surface area contributed by atoms with Gasteiger partial charge in [-0.1, -0.05) is 60.7 Å². The van der Waals surface area contributed by atoms with Gasteiger partial charge < -0.3 is 0 Å². The van der Waals surface area contributed by atoms with E-state index in [1.165, 1.54) is 84.9 Å². The largest absolute Gasteiger partial charge is 0.417 e. The van der Waals surface area contributed by atoms with E-state index in [0.29, 0.717) is 0 Å². The van der Waals surface area contributed by atoms with Crippen molar-refractivity contribution in [3.63, 3.8) is 0 Å². The SMILES string of the molecule is N#CC(C#N)=C1C(c2ccccc2)=C(C#N)c2c1c(C(F)(F)F)c1c(c2C(F)(F)F)C(C#N)=C(c2ccccc2)C1=C(C#N)C#N. The van der Waals surface area contributed by atoms with Crippen molar-refractivity contribution < 1.29 is 26.3 Å². The average molecular weight is 616 g/mol. The molecule has 2 aliphatic rings. The predicted octanol–water partition coefficient (Wildman–Crippen LogP) is 8.22. The zero-order chi connectivity index (χ0) is 33.6. The zero-order valence-corrected chi connectivity index (χ0v) is 22.7. The lowest BCUT2D eigenvalue weighted by Gasteiger charge is -2.24. The van der Waals surface area contributed by atoms with E-state index in [2.05, 4.69) is 0 Å². The van der Waals surface area contributed by atoms with Gasteiger partial charge in [-0.15, -0.1) is 0 Å². The molecular weight excluding hydrogens is 606 g/mol. The summed E-state index contributed by atoms with van der Waals surface area (Å²) < 4.78 is 92.5. The molecule has 0 N–H and O–H groups in total. The van der Waals surface area contributed by atoms with Crippen LogP contribution in [0.25, 0.3) is 33.4 Å². The summed E-state index contributed by atoms with van der Waals surface area (Å²) in [4.78, 5) is 0. The van der Waals surface area contributed by atoms with Gasteiger partial charge in [0.1, 0.15) is 47.6 Å². The number of hydrogen-bond acceptors (Lipinski definition) is 6. The van der Waals surface area contributed by atoms with E-state index in [9.17, 15) is 31.6 Å². The highest BCUT2D eigenvalue weighted by Crippen LogP contribution is 2.62. The highest BCUT2D eigenvalue weighted by atomic mass is 19.4. The van der Waals surface area contributed by atoms with Crippen LogP contribution in [0.2, 0.25) is 0 Å². The molecule has 3 aromatic rings. The lowest BCUT2D eigenvalue weighted by molar-refractivity contribution is -0.141. The van der Waals surface area contributed by atoms with Crippen molar-refractivity contribution >= 4 is 33.4 Å². The summed E-state index contributed by atoms with van der Waals surface area (Å²) in [5, 5.41) is 60.0. The van der Waals surface area contributed by atoms with Crippen LogP contribution in [0.1, 0.15) is 44.5 Å². The Morgan fingerprint density at radius 1 is 0.457 bits per heavy atom. The van der Waals surface area contributed by atoms with Crippen molar-refractivity contribution in [1.29, 1.82) is 31.6 Å². The second kappa shape index (κ2) is 11.0. The number of fused-ring (bicyclic) bond motifs is 2. The van der Waals surface area contributed by atoms with Crippen LogP contribution in [0.4, 0.5) is 26.3 Å². The highest BCUT2D eigenvalue weighted by molar-refractivity contribution is 6.31. The van der Waals surface area contributed by atoms with Crippen LogP contribution < -0.4 is 0 Å². The fraction of sp³-hybridized carbons (Fsp3) is 0.0588. The number of nitriles is 6. The molecule has 2 aliphatic carbocycles. The van der Waals surface area contributed by atoms with Crippen LogP contribution in [-0.2, 0) is 12.4 Å².